The van der Waals surface area contributed by atoms with Gasteiger partial charge in [0, 0.05) is 12.0 Å². The molecule has 22 heavy (non-hydrogen) atoms. The molecule has 1 aliphatic heterocycles. The minimum atomic E-state index is -1.67. The number of ether oxygens (including phenoxy) is 1. The second kappa shape index (κ2) is 6.99. The number of carbonyl (C=O) groups is 3. The van der Waals surface area contributed by atoms with Crippen molar-refractivity contribution in [2.24, 2.45) is 11.1 Å². The Labute approximate surface area is 144 Å². The fraction of sp³-hybridized carbons (Fsp3) is 0.769. The molecule has 1 rings (SSSR count). The monoisotopic (exact) mass is 426 g/mol. The van der Waals surface area contributed by atoms with Crippen molar-refractivity contribution in [3.63, 3.8) is 0 Å². The summed E-state index contributed by atoms with van der Waals surface area (Å²) in [6, 6.07) is -0.575. The minimum Gasteiger partial charge on any atom is -0.453 e. The van der Waals surface area contributed by atoms with E-state index < -0.39 is 29.1 Å². The maximum absolute atomic E-state index is 12.9. The molecule has 1 aliphatic rings. The predicted octanol–water partition coefficient (Wildman–Crippen LogP) is 0.501. The van der Waals surface area contributed by atoms with Gasteiger partial charge >= 0.3 is 6.09 Å². The van der Waals surface area contributed by atoms with Crippen molar-refractivity contribution in [3.8, 4) is 0 Å². The standard InChI is InChI=1S/C13H23IN4O4/c1-12(2,3)13(15,16-11(21)22-4)10(20)18-7-5-6-8(18)9(19)17-14/h8H,5-7,15H2,1-4H3,(H,16,21)(H,17,19)/t8-,13+/m0/s1. The lowest BCUT2D eigenvalue weighted by molar-refractivity contribution is -0.147. The predicted molar refractivity (Wildman–Crippen MR) is 88.8 cm³/mol. The summed E-state index contributed by atoms with van der Waals surface area (Å²) < 4.78 is 7.09. The number of hydrogen-bond acceptors (Lipinski definition) is 5. The third-order valence-electron chi connectivity index (χ3n) is 3.91. The van der Waals surface area contributed by atoms with Gasteiger partial charge in [-0.15, -0.1) is 0 Å². The first-order valence-corrected chi connectivity index (χ1v) is 8.03. The molecule has 0 radical (unpaired) electrons. The number of carbonyl (C=O) groups excluding carboxylic acids is 3. The van der Waals surface area contributed by atoms with E-state index in [2.05, 4.69) is 13.6 Å². The molecule has 0 unspecified atom stereocenters. The van der Waals surface area contributed by atoms with Crippen LogP contribution in [0.4, 0.5) is 4.79 Å². The molecule has 8 nitrogen and oxygen atoms in total. The fourth-order valence-electron chi connectivity index (χ4n) is 2.35. The van der Waals surface area contributed by atoms with Crippen LogP contribution in [-0.2, 0) is 14.3 Å². The first-order valence-electron chi connectivity index (χ1n) is 6.95. The normalized spacial score (nSPS) is 21.0. The molecule has 1 fully saturated rings. The number of hydrogen-bond donors (Lipinski definition) is 3. The molecule has 0 spiro atoms. The minimum absolute atomic E-state index is 0.249. The molecule has 1 saturated heterocycles. The van der Waals surface area contributed by atoms with Gasteiger partial charge in [-0.2, -0.15) is 0 Å². The average Bonchev–Trinajstić information content (AvgIpc) is 2.93. The Kier molecular flexibility index (Phi) is 6.02. The Balaban J connectivity index is 3.12. The van der Waals surface area contributed by atoms with E-state index in [9.17, 15) is 14.4 Å². The Hall–Kier alpha value is -1.10. The highest BCUT2D eigenvalue weighted by molar-refractivity contribution is 14.1. The molecule has 3 amide bonds. The van der Waals surface area contributed by atoms with E-state index in [1.807, 2.05) is 0 Å². The second-order valence-electron chi connectivity index (χ2n) is 6.29. The number of nitrogens with two attached hydrogens (primary N) is 1. The van der Waals surface area contributed by atoms with E-state index in [4.69, 9.17) is 5.73 Å². The van der Waals surface area contributed by atoms with Gasteiger partial charge in [0.05, 0.1) is 30.0 Å². The van der Waals surface area contributed by atoms with E-state index in [0.717, 1.165) is 0 Å². The SMILES string of the molecule is COC(=O)N[C@](N)(C(=O)N1CCC[C@H]1C(=O)NI)C(C)(C)C. The quantitative estimate of drug-likeness (QED) is 0.346. The van der Waals surface area contributed by atoms with Gasteiger partial charge in [0.1, 0.15) is 6.04 Å². The molecular weight excluding hydrogens is 403 g/mol. The van der Waals surface area contributed by atoms with Gasteiger partial charge in [0.2, 0.25) is 0 Å². The van der Waals surface area contributed by atoms with Gasteiger partial charge in [-0.1, -0.05) is 20.8 Å². The van der Waals surface area contributed by atoms with E-state index in [1.54, 1.807) is 43.6 Å². The number of likely N-dealkylation sites (tertiary alicyclic amines) is 1. The summed E-state index contributed by atoms with van der Waals surface area (Å²) in [6.45, 7) is 5.64. The zero-order valence-corrected chi connectivity index (χ0v) is 15.4. The van der Waals surface area contributed by atoms with Crippen LogP contribution in [0.1, 0.15) is 33.6 Å². The molecule has 9 heteroatoms. The van der Waals surface area contributed by atoms with Gasteiger partial charge < -0.3 is 15.4 Å². The lowest BCUT2D eigenvalue weighted by atomic mass is 9.79. The Morgan fingerprint density at radius 2 is 1.91 bits per heavy atom. The first kappa shape index (κ1) is 18.9. The van der Waals surface area contributed by atoms with Gasteiger partial charge in [0.15, 0.2) is 5.66 Å². The van der Waals surface area contributed by atoms with E-state index in [-0.39, 0.29) is 5.91 Å². The van der Waals surface area contributed by atoms with Crippen LogP contribution in [0.3, 0.4) is 0 Å². The van der Waals surface area contributed by atoms with Crippen molar-refractivity contribution in [1.82, 2.24) is 13.7 Å². The zero-order valence-electron chi connectivity index (χ0n) is 13.2. The van der Waals surface area contributed by atoms with Gasteiger partial charge in [0.25, 0.3) is 11.8 Å². The van der Waals surface area contributed by atoms with Crippen molar-refractivity contribution in [2.75, 3.05) is 13.7 Å². The van der Waals surface area contributed by atoms with Crippen molar-refractivity contribution >= 4 is 40.8 Å². The largest absolute Gasteiger partial charge is 0.453 e. The molecule has 0 bridgehead atoms. The lowest BCUT2D eigenvalue weighted by Crippen LogP contribution is -2.72. The van der Waals surface area contributed by atoms with E-state index in [0.29, 0.717) is 19.4 Å². The van der Waals surface area contributed by atoms with Crippen LogP contribution >= 0.6 is 22.9 Å². The Morgan fingerprint density at radius 3 is 2.36 bits per heavy atom. The van der Waals surface area contributed by atoms with Crippen LogP contribution in [0.25, 0.3) is 0 Å². The molecule has 0 aromatic carbocycles. The van der Waals surface area contributed by atoms with Crippen molar-refractivity contribution < 1.29 is 19.1 Å². The summed E-state index contributed by atoms with van der Waals surface area (Å²) >= 11 is 1.74. The number of nitrogens with one attached hydrogen (secondary N) is 2. The van der Waals surface area contributed by atoms with Crippen LogP contribution in [-0.4, -0.2) is 48.2 Å². The maximum atomic E-state index is 12.9. The summed E-state index contributed by atoms with van der Waals surface area (Å²) in [5.41, 5.74) is 3.80. The topological polar surface area (TPSA) is 114 Å². The third-order valence-corrected chi connectivity index (χ3v) is 4.45. The second-order valence-corrected chi connectivity index (χ2v) is 6.83. The summed E-state index contributed by atoms with van der Waals surface area (Å²) in [5, 5.41) is 2.43. The molecule has 0 aliphatic carbocycles. The van der Waals surface area contributed by atoms with Gasteiger partial charge in [-0.25, -0.2) is 4.79 Å². The van der Waals surface area contributed by atoms with Crippen LogP contribution in [0.2, 0.25) is 0 Å². The Bertz CT molecular complexity index is 465. The van der Waals surface area contributed by atoms with Crippen LogP contribution in [0.15, 0.2) is 0 Å². The number of alkyl carbamates (subject to hydrolysis) is 1. The number of halogens is 1. The smallest absolute Gasteiger partial charge is 0.408 e. The van der Waals surface area contributed by atoms with Gasteiger partial charge in [-0.05, 0) is 12.8 Å². The lowest BCUT2D eigenvalue weighted by Gasteiger charge is -2.43. The Morgan fingerprint density at radius 1 is 1.32 bits per heavy atom. The molecule has 0 aromatic heterocycles. The molecule has 4 N–H and O–H groups in total. The van der Waals surface area contributed by atoms with E-state index in [1.165, 1.54) is 12.0 Å². The van der Waals surface area contributed by atoms with Crippen molar-refractivity contribution in [2.45, 2.75) is 45.3 Å². The summed E-state index contributed by atoms with van der Waals surface area (Å²) in [4.78, 5) is 37.9. The zero-order chi connectivity index (χ0) is 17.1. The van der Waals surface area contributed by atoms with Crippen LogP contribution < -0.4 is 14.6 Å². The molecule has 1 heterocycles. The summed E-state index contributed by atoms with van der Waals surface area (Å²) in [7, 11) is 1.20. The fourth-order valence-corrected chi connectivity index (χ4v) is 2.71. The highest BCUT2D eigenvalue weighted by Crippen LogP contribution is 2.31. The van der Waals surface area contributed by atoms with E-state index >= 15 is 0 Å². The summed E-state index contributed by atoms with van der Waals surface area (Å²) in [6.07, 6.45) is 0.484. The molecular formula is C13H23IN4O4. The number of amides is 3. The molecule has 0 saturated carbocycles. The molecule has 0 aromatic rings. The number of rotatable bonds is 3. The highest BCUT2D eigenvalue weighted by atomic mass is 127. The molecule has 2 atom stereocenters. The first-order chi connectivity index (χ1) is 10.1. The molecule has 126 valence electrons. The number of methoxy groups -OCH3 is 1. The third kappa shape index (κ3) is 3.62. The highest BCUT2D eigenvalue weighted by Gasteiger charge is 2.51. The number of nitrogens with zero attached hydrogens (tertiary/aromatic N) is 1. The summed E-state index contributed by atoms with van der Waals surface area (Å²) in [5.74, 6) is -0.742. The van der Waals surface area contributed by atoms with Crippen molar-refractivity contribution in [3.05, 3.63) is 0 Å². The van der Waals surface area contributed by atoms with Crippen LogP contribution in [0.5, 0.6) is 0 Å². The average molecular weight is 426 g/mol. The maximum Gasteiger partial charge on any atom is 0.408 e. The van der Waals surface area contributed by atoms with Gasteiger partial charge in [-0.3, -0.25) is 18.4 Å². The van der Waals surface area contributed by atoms with Crippen LogP contribution in [0, 0.1) is 5.41 Å². The van der Waals surface area contributed by atoms with Crippen molar-refractivity contribution in [1.29, 1.82) is 0 Å².